The van der Waals surface area contributed by atoms with E-state index >= 15 is 0 Å². The number of benzene rings is 2. The second kappa shape index (κ2) is 8.76. The van der Waals surface area contributed by atoms with Crippen LogP contribution in [0, 0.1) is 34.5 Å². The van der Waals surface area contributed by atoms with Crippen LogP contribution in [0.4, 0.5) is 0 Å². The van der Waals surface area contributed by atoms with Gasteiger partial charge < -0.3 is 0 Å². The second-order valence-corrected chi connectivity index (χ2v) is 18.3. The zero-order valence-corrected chi connectivity index (χ0v) is 27.8. The maximum absolute atomic E-state index is 2.87. The molecule has 4 saturated carbocycles. The Kier molecular flexibility index (Phi) is 5.73. The molecule has 2 aromatic rings. The van der Waals surface area contributed by atoms with E-state index in [1.54, 1.807) is 16.7 Å². The van der Waals surface area contributed by atoms with Gasteiger partial charge in [-0.05, 0) is 137 Å². The molecule has 0 nitrogen and oxygen atoms in total. The first-order valence-corrected chi connectivity index (χ1v) is 17.5. The minimum atomic E-state index is 0.148. The lowest BCUT2D eigenvalue weighted by molar-refractivity contribution is -0.0314. The molecule has 7 aliphatic rings. The van der Waals surface area contributed by atoms with E-state index < -0.39 is 0 Å². The van der Waals surface area contributed by atoms with Crippen LogP contribution in [-0.2, 0) is 10.8 Å². The lowest BCUT2D eigenvalue weighted by atomic mass is 9.47. The van der Waals surface area contributed by atoms with Crippen molar-refractivity contribution in [3.63, 3.8) is 0 Å². The molecule has 0 heterocycles. The Labute approximate surface area is 256 Å². The molecule has 0 amide bonds. The molecule has 1 unspecified atom stereocenters. The minimum Gasteiger partial charge on any atom is -0.0623 e. The normalized spacial score (nSPS) is 33.5. The second-order valence-electron chi connectivity index (χ2n) is 18.3. The van der Waals surface area contributed by atoms with Crippen LogP contribution >= 0.6 is 0 Å². The van der Waals surface area contributed by atoms with Crippen LogP contribution in [0.2, 0.25) is 0 Å². The van der Waals surface area contributed by atoms with Crippen molar-refractivity contribution in [1.29, 1.82) is 0 Å². The largest absolute Gasteiger partial charge is 0.0623 e. The molecule has 9 rings (SSSR count). The third kappa shape index (κ3) is 3.78. The van der Waals surface area contributed by atoms with Gasteiger partial charge in [-0.1, -0.05) is 109 Å². The van der Waals surface area contributed by atoms with Crippen molar-refractivity contribution < 1.29 is 0 Å². The van der Waals surface area contributed by atoms with Gasteiger partial charge in [0.15, 0.2) is 0 Å². The molecule has 2 aromatic carbocycles. The fourth-order valence-corrected chi connectivity index (χ4v) is 11.7. The van der Waals surface area contributed by atoms with Gasteiger partial charge in [-0.3, -0.25) is 0 Å². The van der Waals surface area contributed by atoms with Crippen LogP contribution < -0.4 is 0 Å². The summed E-state index contributed by atoms with van der Waals surface area (Å²) in [6.45, 7) is 19.4. The summed E-state index contributed by atoms with van der Waals surface area (Å²) in [5, 5.41) is 0. The highest BCUT2D eigenvalue weighted by atomic mass is 14.6. The number of fused-ring (bicyclic) bond motifs is 3. The van der Waals surface area contributed by atoms with E-state index in [0.717, 1.165) is 17.8 Å². The SMILES string of the molecule is CC(C)C1(C2c3cc(C(C)(C)C)ccc3-c3ccc(C(C)(C)C)cc32)CCC2=C1C=C(C13CC4CC(CC(C4)C1)C3)C2. The van der Waals surface area contributed by atoms with Crippen molar-refractivity contribution in [2.45, 2.75) is 130 Å². The third-order valence-corrected chi connectivity index (χ3v) is 13.5. The van der Waals surface area contributed by atoms with Gasteiger partial charge in [-0.2, -0.15) is 0 Å². The topological polar surface area (TPSA) is 0 Å². The molecule has 42 heavy (non-hydrogen) atoms. The monoisotopic (exact) mass is 558 g/mol. The van der Waals surface area contributed by atoms with Gasteiger partial charge in [0.05, 0.1) is 0 Å². The molecule has 4 fully saturated rings. The molecule has 0 spiro atoms. The summed E-state index contributed by atoms with van der Waals surface area (Å²) in [7, 11) is 0. The van der Waals surface area contributed by atoms with Gasteiger partial charge in [-0.15, -0.1) is 0 Å². The fourth-order valence-electron chi connectivity index (χ4n) is 11.7. The number of hydrogen-bond donors (Lipinski definition) is 0. The van der Waals surface area contributed by atoms with Crippen molar-refractivity contribution in [3.8, 4) is 11.1 Å². The minimum absolute atomic E-state index is 0.148. The molecule has 0 saturated heterocycles. The van der Waals surface area contributed by atoms with E-state index in [2.05, 4.69) is 97.9 Å². The average Bonchev–Trinajstić information content (AvgIpc) is 3.57. The predicted molar refractivity (Wildman–Crippen MR) is 178 cm³/mol. The highest BCUT2D eigenvalue weighted by Gasteiger charge is 2.57. The Bertz CT molecular complexity index is 1430. The average molecular weight is 559 g/mol. The maximum Gasteiger partial charge on any atom is 0.0201 e. The van der Waals surface area contributed by atoms with Crippen molar-refractivity contribution in [2.75, 3.05) is 0 Å². The van der Waals surface area contributed by atoms with Crippen LogP contribution in [0.25, 0.3) is 11.1 Å². The Hall–Kier alpha value is -2.08. The first-order chi connectivity index (χ1) is 19.8. The predicted octanol–water partition coefficient (Wildman–Crippen LogP) is 11.7. The molecule has 0 radical (unpaired) electrons. The summed E-state index contributed by atoms with van der Waals surface area (Å²) < 4.78 is 0. The smallest absolute Gasteiger partial charge is 0.0201 e. The molecular formula is C42H54. The lowest BCUT2D eigenvalue weighted by Crippen LogP contribution is -2.46. The van der Waals surface area contributed by atoms with Crippen LogP contribution in [0.3, 0.4) is 0 Å². The Morgan fingerprint density at radius 1 is 0.714 bits per heavy atom. The fraction of sp³-hybridized carbons (Fsp3) is 0.619. The number of allylic oxidation sites excluding steroid dienone is 4. The van der Waals surface area contributed by atoms with Gasteiger partial charge in [0.2, 0.25) is 0 Å². The van der Waals surface area contributed by atoms with E-state index in [-0.39, 0.29) is 16.2 Å². The Morgan fingerprint density at radius 3 is 1.67 bits per heavy atom. The van der Waals surface area contributed by atoms with Crippen LogP contribution in [0.15, 0.2) is 59.2 Å². The van der Waals surface area contributed by atoms with Crippen molar-refractivity contribution in [2.24, 2.45) is 34.5 Å². The van der Waals surface area contributed by atoms with Gasteiger partial charge >= 0.3 is 0 Å². The van der Waals surface area contributed by atoms with Crippen molar-refractivity contribution in [1.82, 2.24) is 0 Å². The lowest BCUT2D eigenvalue weighted by Gasteiger charge is -2.57. The molecular weight excluding hydrogens is 504 g/mol. The van der Waals surface area contributed by atoms with E-state index in [4.69, 9.17) is 0 Å². The van der Waals surface area contributed by atoms with Crippen LogP contribution in [0.1, 0.15) is 141 Å². The number of hydrogen-bond acceptors (Lipinski definition) is 0. The standard InChI is InChI=1S/C42H54/c1-25(2)42(14-13-29-18-32(21-37(29)42)41-22-26-15-27(23-41)17-28(16-26)24-41)38-35-19-30(39(3,4)5)9-11-33(35)34-12-10-31(20-36(34)38)40(6,7)8/h9-12,19-21,25-28,38H,13-18,22-24H2,1-8H3. The molecule has 0 aromatic heterocycles. The molecule has 4 bridgehead atoms. The summed E-state index contributed by atoms with van der Waals surface area (Å²) in [4.78, 5) is 0. The van der Waals surface area contributed by atoms with Gasteiger partial charge in [-0.25, -0.2) is 0 Å². The highest BCUT2D eigenvalue weighted by molar-refractivity contribution is 5.81. The quantitative estimate of drug-likeness (QED) is 0.351. The zero-order chi connectivity index (χ0) is 29.4. The zero-order valence-electron chi connectivity index (χ0n) is 27.8. The summed E-state index contributed by atoms with van der Waals surface area (Å²) in [5.41, 5.74) is 15.7. The Balaban J connectivity index is 1.30. The molecule has 0 N–H and O–H groups in total. The molecule has 7 aliphatic carbocycles. The number of rotatable bonds is 3. The van der Waals surface area contributed by atoms with Crippen molar-refractivity contribution >= 4 is 0 Å². The molecule has 1 atom stereocenters. The summed E-state index contributed by atoms with van der Waals surface area (Å²) >= 11 is 0. The summed E-state index contributed by atoms with van der Waals surface area (Å²) in [5.74, 6) is 4.08. The van der Waals surface area contributed by atoms with Crippen LogP contribution in [-0.4, -0.2) is 0 Å². The maximum atomic E-state index is 2.87. The third-order valence-electron chi connectivity index (χ3n) is 13.5. The molecule has 0 aliphatic heterocycles. The summed E-state index contributed by atoms with van der Waals surface area (Å²) in [6.07, 6.45) is 15.9. The van der Waals surface area contributed by atoms with Crippen LogP contribution in [0.5, 0.6) is 0 Å². The van der Waals surface area contributed by atoms with E-state index in [1.807, 2.05) is 11.1 Å². The van der Waals surface area contributed by atoms with E-state index in [0.29, 0.717) is 17.3 Å². The highest BCUT2D eigenvalue weighted by Crippen LogP contribution is 2.69. The van der Waals surface area contributed by atoms with Crippen molar-refractivity contribution in [3.05, 3.63) is 81.4 Å². The Morgan fingerprint density at radius 2 is 1.21 bits per heavy atom. The summed E-state index contributed by atoms with van der Waals surface area (Å²) in [6, 6.07) is 15.1. The van der Waals surface area contributed by atoms with E-state index in [1.165, 1.54) is 80.0 Å². The molecule has 222 valence electrons. The first-order valence-electron chi connectivity index (χ1n) is 17.5. The van der Waals surface area contributed by atoms with Gasteiger partial charge in [0.25, 0.3) is 0 Å². The van der Waals surface area contributed by atoms with Gasteiger partial charge in [0.1, 0.15) is 0 Å². The first kappa shape index (κ1) is 27.5. The van der Waals surface area contributed by atoms with Gasteiger partial charge in [0, 0.05) is 11.3 Å². The molecule has 0 heteroatoms. The van der Waals surface area contributed by atoms with E-state index in [9.17, 15) is 0 Å².